The van der Waals surface area contributed by atoms with Crippen LogP contribution in [-0.2, 0) is 0 Å². The van der Waals surface area contributed by atoms with E-state index < -0.39 is 0 Å². The molecule has 0 fully saturated rings. The maximum Gasteiger partial charge on any atom is 0.0456 e. The van der Waals surface area contributed by atoms with Gasteiger partial charge in [0.1, 0.15) is 0 Å². The smallest absolute Gasteiger partial charge is 0.0456 e. The average Bonchev–Trinajstić information content (AvgIpc) is 2.00. The maximum absolute atomic E-state index is 8.80. The fourth-order valence-corrected chi connectivity index (χ4v) is 0.905. The standard InChI is InChI=1S/C10H22O/c1-5-10(3,4)7-6-9(2)8-11/h9,11H,5-8H2,1-4H3/t9-/m1/s1. The number of aliphatic hydroxyl groups is 1. The minimum absolute atomic E-state index is 0.333. The Hall–Kier alpha value is -0.0400. The fourth-order valence-electron chi connectivity index (χ4n) is 0.905. The normalized spacial score (nSPS) is 15.0. The summed E-state index contributed by atoms with van der Waals surface area (Å²) in [5.74, 6) is 0.473. The first-order valence-corrected chi connectivity index (χ1v) is 4.62. The van der Waals surface area contributed by atoms with Crippen LogP contribution in [0.5, 0.6) is 0 Å². The van der Waals surface area contributed by atoms with Gasteiger partial charge in [-0.25, -0.2) is 0 Å². The summed E-state index contributed by atoms with van der Waals surface area (Å²) >= 11 is 0. The lowest BCUT2D eigenvalue weighted by Gasteiger charge is -2.23. The van der Waals surface area contributed by atoms with Gasteiger partial charge in [-0.15, -0.1) is 0 Å². The molecule has 0 aliphatic rings. The second-order valence-electron chi connectivity index (χ2n) is 4.34. The molecule has 0 aromatic heterocycles. The summed E-state index contributed by atoms with van der Waals surface area (Å²) in [6.45, 7) is 9.24. The van der Waals surface area contributed by atoms with E-state index >= 15 is 0 Å². The van der Waals surface area contributed by atoms with E-state index in [1.165, 1.54) is 12.8 Å². The minimum Gasteiger partial charge on any atom is -0.396 e. The van der Waals surface area contributed by atoms with Gasteiger partial charge in [0.2, 0.25) is 0 Å². The van der Waals surface area contributed by atoms with Gasteiger partial charge in [-0.2, -0.15) is 0 Å². The molecule has 0 heterocycles. The number of aliphatic hydroxyl groups excluding tert-OH is 1. The lowest BCUT2D eigenvalue weighted by Crippen LogP contribution is -2.12. The van der Waals surface area contributed by atoms with E-state index in [1.54, 1.807) is 0 Å². The first-order chi connectivity index (χ1) is 5.02. The lowest BCUT2D eigenvalue weighted by atomic mass is 9.83. The van der Waals surface area contributed by atoms with Crippen LogP contribution in [0.15, 0.2) is 0 Å². The average molecular weight is 158 g/mol. The third-order valence-corrected chi connectivity index (χ3v) is 2.58. The number of hydrogen-bond donors (Lipinski definition) is 1. The van der Waals surface area contributed by atoms with Gasteiger partial charge in [-0.05, 0) is 24.2 Å². The summed E-state index contributed by atoms with van der Waals surface area (Å²) in [5, 5.41) is 8.80. The Morgan fingerprint density at radius 1 is 1.36 bits per heavy atom. The van der Waals surface area contributed by atoms with Crippen LogP contribution in [0, 0.1) is 11.3 Å². The maximum atomic E-state index is 8.80. The molecule has 1 atom stereocenters. The third-order valence-electron chi connectivity index (χ3n) is 2.58. The van der Waals surface area contributed by atoms with Gasteiger partial charge in [0.25, 0.3) is 0 Å². The summed E-state index contributed by atoms with van der Waals surface area (Å²) in [4.78, 5) is 0. The van der Waals surface area contributed by atoms with E-state index in [1.807, 2.05) is 0 Å². The highest BCUT2D eigenvalue weighted by atomic mass is 16.3. The molecule has 68 valence electrons. The first kappa shape index (κ1) is 11.0. The molecule has 0 bridgehead atoms. The predicted octanol–water partition coefficient (Wildman–Crippen LogP) is 2.83. The molecule has 0 spiro atoms. The van der Waals surface area contributed by atoms with E-state index in [2.05, 4.69) is 27.7 Å². The van der Waals surface area contributed by atoms with E-state index in [0.29, 0.717) is 17.9 Å². The molecule has 0 aromatic carbocycles. The highest BCUT2D eigenvalue weighted by molar-refractivity contribution is 4.67. The van der Waals surface area contributed by atoms with E-state index in [0.717, 1.165) is 6.42 Å². The third kappa shape index (κ3) is 5.25. The van der Waals surface area contributed by atoms with Gasteiger partial charge in [0.05, 0.1) is 0 Å². The molecule has 0 radical (unpaired) electrons. The molecule has 11 heavy (non-hydrogen) atoms. The molecule has 0 saturated heterocycles. The minimum atomic E-state index is 0.333. The predicted molar refractivity (Wildman–Crippen MR) is 49.6 cm³/mol. The Morgan fingerprint density at radius 2 is 1.91 bits per heavy atom. The van der Waals surface area contributed by atoms with Gasteiger partial charge in [-0.3, -0.25) is 0 Å². The summed E-state index contributed by atoms with van der Waals surface area (Å²) in [6, 6.07) is 0. The number of hydrogen-bond acceptors (Lipinski definition) is 1. The monoisotopic (exact) mass is 158 g/mol. The van der Waals surface area contributed by atoms with Crippen LogP contribution in [0.1, 0.15) is 47.0 Å². The highest BCUT2D eigenvalue weighted by Crippen LogP contribution is 2.27. The van der Waals surface area contributed by atoms with Crippen LogP contribution in [0.2, 0.25) is 0 Å². The van der Waals surface area contributed by atoms with Crippen molar-refractivity contribution < 1.29 is 5.11 Å². The first-order valence-electron chi connectivity index (χ1n) is 4.62. The molecule has 0 aliphatic heterocycles. The van der Waals surface area contributed by atoms with Crippen molar-refractivity contribution in [1.29, 1.82) is 0 Å². The van der Waals surface area contributed by atoms with Crippen molar-refractivity contribution in [3.05, 3.63) is 0 Å². The van der Waals surface area contributed by atoms with Crippen molar-refractivity contribution in [3.63, 3.8) is 0 Å². The zero-order valence-corrected chi connectivity index (χ0v) is 8.35. The Kier molecular flexibility index (Phi) is 4.74. The Labute approximate surface area is 70.8 Å². The molecule has 0 saturated carbocycles. The quantitative estimate of drug-likeness (QED) is 0.652. The second-order valence-corrected chi connectivity index (χ2v) is 4.34. The van der Waals surface area contributed by atoms with Crippen molar-refractivity contribution in [3.8, 4) is 0 Å². The second kappa shape index (κ2) is 4.76. The van der Waals surface area contributed by atoms with Gasteiger partial charge in [0, 0.05) is 6.61 Å². The molecule has 0 rings (SSSR count). The van der Waals surface area contributed by atoms with Crippen LogP contribution < -0.4 is 0 Å². The lowest BCUT2D eigenvalue weighted by molar-refractivity contribution is 0.205. The Bertz CT molecular complexity index is 97.0. The van der Waals surface area contributed by atoms with Crippen molar-refractivity contribution >= 4 is 0 Å². The Balaban J connectivity index is 3.52. The van der Waals surface area contributed by atoms with Crippen molar-refractivity contribution in [2.75, 3.05) is 6.61 Å². The summed E-state index contributed by atoms with van der Waals surface area (Å²) < 4.78 is 0. The van der Waals surface area contributed by atoms with Crippen LogP contribution in [0.25, 0.3) is 0 Å². The topological polar surface area (TPSA) is 20.2 Å². The van der Waals surface area contributed by atoms with Crippen molar-refractivity contribution in [2.45, 2.75) is 47.0 Å². The van der Waals surface area contributed by atoms with Crippen LogP contribution >= 0.6 is 0 Å². The molecular formula is C10H22O. The molecule has 0 aliphatic carbocycles. The molecule has 0 amide bonds. The molecule has 0 aromatic rings. The van der Waals surface area contributed by atoms with Crippen LogP contribution in [-0.4, -0.2) is 11.7 Å². The summed E-state index contributed by atoms with van der Waals surface area (Å²) in [7, 11) is 0. The van der Waals surface area contributed by atoms with Crippen LogP contribution in [0.3, 0.4) is 0 Å². The largest absolute Gasteiger partial charge is 0.396 e. The van der Waals surface area contributed by atoms with Gasteiger partial charge < -0.3 is 5.11 Å². The molecule has 1 N–H and O–H groups in total. The van der Waals surface area contributed by atoms with Crippen LogP contribution in [0.4, 0.5) is 0 Å². The van der Waals surface area contributed by atoms with Gasteiger partial charge >= 0.3 is 0 Å². The van der Waals surface area contributed by atoms with E-state index in [-0.39, 0.29) is 0 Å². The van der Waals surface area contributed by atoms with Gasteiger partial charge in [0.15, 0.2) is 0 Å². The zero-order chi connectivity index (χ0) is 8.91. The zero-order valence-electron chi connectivity index (χ0n) is 8.35. The number of rotatable bonds is 5. The molecule has 1 nitrogen and oxygen atoms in total. The molecular weight excluding hydrogens is 136 g/mol. The molecule has 0 unspecified atom stereocenters. The summed E-state index contributed by atoms with van der Waals surface area (Å²) in [6.07, 6.45) is 3.60. The van der Waals surface area contributed by atoms with E-state index in [9.17, 15) is 0 Å². The Morgan fingerprint density at radius 3 is 2.27 bits per heavy atom. The van der Waals surface area contributed by atoms with Crippen molar-refractivity contribution in [2.24, 2.45) is 11.3 Å². The molecule has 1 heteroatoms. The fraction of sp³-hybridized carbons (Fsp3) is 1.00. The summed E-state index contributed by atoms with van der Waals surface area (Å²) in [5.41, 5.74) is 0.462. The van der Waals surface area contributed by atoms with Crippen molar-refractivity contribution in [1.82, 2.24) is 0 Å². The highest BCUT2D eigenvalue weighted by Gasteiger charge is 2.15. The SMILES string of the molecule is CCC(C)(C)CC[C@@H](C)CO. The van der Waals surface area contributed by atoms with E-state index in [4.69, 9.17) is 5.11 Å². The van der Waals surface area contributed by atoms with Gasteiger partial charge in [-0.1, -0.05) is 34.1 Å².